The van der Waals surface area contributed by atoms with Crippen LogP contribution >= 0.6 is 39.1 Å². The topological polar surface area (TPSA) is 41.1 Å². The Morgan fingerprint density at radius 2 is 1.74 bits per heavy atom. The average Bonchev–Trinajstić information content (AvgIpc) is 2.33. The zero-order valence-electron chi connectivity index (χ0n) is 9.58. The molecule has 0 atom stereocenters. The highest BCUT2D eigenvalue weighted by Crippen LogP contribution is 2.26. The van der Waals surface area contributed by atoms with Gasteiger partial charge in [-0.05, 0) is 52.3 Å². The van der Waals surface area contributed by atoms with Crippen molar-refractivity contribution in [3.05, 3.63) is 57.0 Å². The number of hydrogen-bond acceptors (Lipinski definition) is 1. The van der Waals surface area contributed by atoms with Crippen LogP contribution in [-0.4, -0.2) is 6.03 Å². The van der Waals surface area contributed by atoms with Gasteiger partial charge in [-0.2, -0.15) is 0 Å². The molecule has 98 valence electrons. The maximum Gasteiger partial charge on any atom is 0.323 e. The first-order chi connectivity index (χ1) is 9.04. The molecule has 19 heavy (non-hydrogen) atoms. The van der Waals surface area contributed by atoms with Crippen molar-refractivity contribution in [2.45, 2.75) is 0 Å². The molecule has 2 amide bonds. The second-order valence-electron chi connectivity index (χ2n) is 3.71. The molecule has 2 rings (SSSR count). The van der Waals surface area contributed by atoms with Crippen LogP contribution in [0, 0.1) is 0 Å². The molecule has 0 spiro atoms. The predicted octanol–water partition coefficient (Wildman–Crippen LogP) is 5.40. The summed E-state index contributed by atoms with van der Waals surface area (Å²) in [6, 6.07) is 11.7. The Bertz CT molecular complexity index is 619. The number of hydrogen-bond donors (Lipinski definition) is 2. The molecule has 0 aliphatic rings. The van der Waals surface area contributed by atoms with Crippen LogP contribution in [0.3, 0.4) is 0 Å². The summed E-state index contributed by atoms with van der Waals surface area (Å²) >= 11 is 15.0. The number of anilines is 2. The standard InChI is InChI=1S/C13H9BrCl2N2O/c14-11-7-9(16)4-5-12(11)18-13(19)17-10-3-1-2-8(15)6-10/h1-7H,(H2,17,18,19). The minimum absolute atomic E-state index is 0.356. The van der Waals surface area contributed by atoms with Crippen LogP contribution in [0.5, 0.6) is 0 Å². The number of amides is 2. The van der Waals surface area contributed by atoms with Crippen molar-refractivity contribution in [2.24, 2.45) is 0 Å². The normalized spacial score (nSPS) is 10.1. The monoisotopic (exact) mass is 358 g/mol. The van der Waals surface area contributed by atoms with Gasteiger partial charge in [-0.1, -0.05) is 29.3 Å². The average molecular weight is 360 g/mol. The zero-order valence-corrected chi connectivity index (χ0v) is 12.7. The van der Waals surface area contributed by atoms with Crippen LogP contribution in [0.15, 0.2) is 46.9 Å². The van der Waals surface area contributed by atoms with Crippen molar-refractivity contribution >= 4 is 56.5 Å². The van der Waals surface area contributed by atoms with Crippen molar-refractivity contribution in [2.75, 3.05) is 10.6 Å². The number of halogens is 3. The van der Waals surface area contributed by atoms with Gasteiger partial charge in [0.1, 0.15) is 0 Å². The Hall–Kier alpha value is -1.23. The first-order valence-corrected chi connectivity index (χ1v) is 6.88. The summed E-state index contributed by atoms with van der Waals surface area (Å²) < 4.78 is 0.709. The van der Waals surface area contributed by atoms with Crippen molar-refractivity contribution in [3.8, 4) is 0 Å². The molecule has 0 saturated heterocycles. The molecule has 0 saturated carbocycles. The molecular formula is C13H9BrCl2N2O. The quantitative estimate of drug-likeness (QED) is 0.740. The van der Waals surface area contributed by atoms with E-state index in [1.807, 2.05) is 0 Å². The smallest absolute Gasteiger partial charge is 0.308 e. The number of urea groups is 1. The minimum atomic E-state index is -0.356. The molecule has 0 radical (unpaired) electrons. The van der Waals surface area contributed by atoms with Gasteiger partial charge in [-0.15, -0.1) is 0 Å². The number of benzene rings is 2. The number of rotatable bonds is 2. The lowest BCUT2D eigenvalue weighted by atomic mass is 10.3. The molecule has 0 aliphatic heterocycles. The molecule has 0 aliphatic carbocycles. The van der Waals surface area contributed by atoms with Crippen molar-refractivity contribution in [1.29, 1.82) is 0 Å². The highest BCUT2D eigenvalue weighted by molar-refractivity contribution is 9.10. The lowest BCUT2D eigenvalue weighted by Gasteiger charge is -2.09. The van der Waals surface area contributed by atoms with Gasteiger partial charge in [-0.3, -0.25) is 0 Å². The molecule has 0 unspecified atom stereocenters. The predicted molar refractivity (Wildman–Crippen MR) is 83.2 cm³/mol. The van der Waals surface area contributed by atoms with E-state index in [0.717, 1.165) is 0 Å². The molecule has 0 aromatic heterocycles. The largest absolute Gasteiger partial charge is 0.323 e. The summed E-state index contributed by atoms with van der Waals surface area (Å²) in [6.07, 6.45) is 0. The fourth-order valence-electron chi connectivity index (χ4n) is 1.44. The Kier molecular flexibility index (Phi) is 4.69. The molecule has 0 fully saturated rings. The fourth-order valence-corrected chi connectivity index (χ4v) is 2.41. The fraction of sp³-hybridized carbons (Fsp3) is 0. The van der Waals surface area contributed by atoms with E-state index >= 15 is 0 Å². The summed E-state index contributed by atoms with van der Waals surface area (Å²) in [7, 11) is 0. The molecule has 0 heterocycles. The molecule has 6 heteroatoms. The Morgan fingerprint density at radius 3 is 2.42 bits per heavy atom. The third-order valence-electron chi connectivity index (χ3n) is 2.26. The van der Waals surface area contributed by atoms with Gasteiger partial charge < -0.3 is 10.6 Å². The van der Waals surface area contributed by atoms with Crippen molar-refractivity contribution in [3.63, 3.8) is 0 Å². The maximum absolute atomic E-state index is 11.8. The summed E-state index contributed by atoms with van der Waals surface area (Å²) in [6.45, 7) is 0. The second kappa shape index (κ2) is 6.28. The third kappa shape index (κ3) is 4.13. The van der Waals surface area contributed by atoms with Gasteiger partial charge in [0, 0.05) is 20.2 Å². The molecule has 0 bridgehead atoms. The van der Waals surface area contributed by atoms with Gasteiger partial charge in [0.2, 0.25) is 0 Å². The van der Waals surface area contributed by atoms with Crippen molar-refractivity contribution < 1.29 is 4.79 Å². The van der Waals surface area contributed by atoms with Crippen LogP contribution < -0.4 is 10.6 Å². The molecule has 2 aromatic carbocycles. The molecule has 3 nitrogen and oxygen atoms in total. The first-order valence-electron chi connectivity index (χ1n) is 5.33. The van der Waals surface area contributed by atoms with Crippen LogP contribution in [0.1, 0.15) is 0 Å². The highest BCUT2D eigenvalue weighted by atomic mass is 79.9. The van der Waals surface area contributed by atoms with E-state index < -0.39 is 0 Å². The lowest BCUT2D eigenvalue weighted by molar-refractivity contribution is 0.262. The summed E-state index contributed by atoms with van der Waals surface area (Å²) in [5.74, 6) is 0. The van der Waals surface area contributed by atoms with Gasteiger partial charge in [0.05, 0.1) is 5.69 Å². The zero-order chi connectivity index (χ0) is 13.8. The van der Waals surface area contributed by atoms with E-state index in [2.05, 4.69) is 26.6 Å². The maximum atomic E-state index is 11.8. The first kappa shape index (κ1) is 14.2. The van der Waals surface area contributed by atoms with E-state index in [-0.39, 0.29) is 6.03 Å². The number of nitrogens with one attached hydrogen (secondary N) is 2. The number of carbonyl (C=O) groups is 1. The highest BCUT2D eigenvalue weighted by Gasteiger charge is 2.06. The van der Waals surface area contributed by atoms with Gasteiger partial charge in [0.25, 0.3) is 0 Å². The van der Waals surface area contributed by atoms with Gasteiger partial charge in [0.15, 0.2) is 0 Å². The Balaban J connectivity index is 2.05. The van der Waals surface area contributed by atoms with Crippen LogP contribution in [0.25, 0.3) is 0 Å². The van der Waals surface area contributed by atoms with Gasteiger partial charge >= 0.3 is 6.03 Å². The summed E-state index contributed by atoms with van der Waals surface area (Å²) in [4.78, 5) is 11.8. The molecule has 2 aromatic rings. The third-order valence-corrected chi connectivity index (χ3v) is 3.39. The van der Waals surface area contributed by atoms with E-state index in [0.29, 0.717) is 25.9 Å². The van der Waals surface area contributed by atoms with E-state index in [9.17, 15) is 4.79 Å². The number of carbonyl (C=O) groups excluding carboxylic acids is 1. The molecule has 2 N–H and O–H groups in total. The SMILES string of the molecule is O=C(Nc1cccc(Cl)c1)Nc1ccc(Cl)cc1Br. The summed E-state index contributed by atoms with van der Waals surface area (Å²) in [5, 5.41) is 6.54. The van der Waals surface area contributed by atoms with E-state index in [1.165, 1.54) is 0 Å². The minimum Gasteiger partial charge on any atom is -0.308 e. The summed E-state index contributed by atoms with van der Waals surface area (Å²) in [5.41, 5.74) is 1.25. The van der Waals surface area contributed by atoms with Crippen LogP contribution in [-0.2, 0) is 0 Å². The van der Waals surface area contributed by atoms with Crippen molar-refractivity contribution in [1.82, 2.24) is 0 Å². The van der Waals surface area contributed by atoms with Crippen LogP contribution in [0.4, 0.5) is 16.2 Å². The van der Waals surface area contributed by atoms with Crippen LogP contribution in [0.2, 0.25) is 10.0 Å². The van der Waals surface area contributed by atoms with E-state index in [4.69, 9.17) is 23.2 Å². The van der Waals surface area contributed by atoms with Gasteiger partial charge in [-0.25, -0.2) is 4.79 Å². The lowest BCUT2D eigenvalue weighted by Crippen LogP contribution is -2.19. The molecular weight excluding hydrogens is 351 g/mol. The Labute approximate surface area is 129 Å². The second-order valence-corrected chi connectivity index (χ2v) is 5.44. The van der Waals surface area contributed by atoms with E-state index in [1.54, 1.807) is 42.5 Å². The Morgan fingerprint density at radius 1 is 1.00 bits per heavy atom.